The van der Waals surface area contributed by atoms with Crippen LogP contribution in [-0.4, -0.2) is 5.97 Å². The number of carbonyl (C=O) groups is 1. The molecule has 19 heavy (non-hydrogen) atoms. The Labute approximate surface area is 161 Å². The fourth-order valence-electron chi connectivity index (χ4n) is 2.29. The molecule has 0 aromatic heterocycles. The zero-order chi connectivity index (χ0) is 13.5. The van der Waals surface area contributed by atoms with Crippen molar-refractivity contribution in [2.45, 2.75) is 96.8 Å². The van der Waals surface area contributed by atoms with Gasteiger partial charge in [-0.1, -0.05) is 84.0 Å². The van der Waals surface area contributed by atoms with Gasteiger partial charge in [0.05, 0.1) is 0 Å². The molecule has 0 radical (unpaired) electrons. The molecule has 0 atom stereocenters. The number of carbonyl (C=O) groups excluding carboxylic acids is 1. The first-order chi connectivity index (χ1) is 8.77. The van der Waals surface area contributed by atoms with Gasteiger partial charge < -0.3 is 9.90 Å². The summed E-state index contributed by atoms with van der Waals surface area (Å²) in [5.41, 5.74) is 0. The molecule has 0 bridgehead atoms. The third kappa shape index (κ3) is 21.5. The number of aliphatic carboxylic acids is 1. The molecule has 0 rings (SSSR count). The Balaban J connectivity index is 0. The van der Waals surface area contributed by atoms with Crippen LogP contribution in [0, 0.1) is 49.9 Å². The van der Waals surface area contributed by atoms with E-state index in [1.54, 1.807) is 0 Å². The summed E-state index contributed by atoms with van der Waals surface area (Å²) in [6.07, 6.45) is 16.9. The van der Waals surface area contributed by atoms with Crippen molar-refractivity contribution >= 4 is 5.97 Å². The van der Waals surface area contributed by atoms with E-state index in [4.69, 9.17) is 0 Å². The summed E-state index contributed by atoms with van der Waals surface area (Å²) in [6.45, 7) is 2.26. The van der Waals surface area contributed by atoms with E-state index in [-0.39, 0.29) is 56.3 Å². The average molecular weight is 478 g/mol. The maximum Gasteiger partial charge on any atom is 1.00 e. The average Bonchev–Trinajstić information content (AvgIpc) is 2.34. The third-order valence-electron chi connectivity index (χ3n) is 3.48. The van der Waals surface area contributed by atoms with E-state index in [0.717, 1.165) is 12.8 Å². The van der Waals surface area contributed by atoms with E-state index >= 15 is 0 Å². The molecule has 108 valence electrons. The molecule has 0 N–H and O–H groups in total. The summed E-state index contributed by atoms with van der Waals surface area (Å²) in [4.78, 5) is 10.2. The molecule has 0 saturated heterocycles. The third-order valence-corrected chi connectivity index (χ3v) is 3.48. The molecular weight excluding hydrogens is 447 g/mol. The van der Waals surface area contributed by atoms with Crippen LogP contribution in [0.3, 0.4) is 0 Å². The summed E-state index contributed by atoms with van der Waals surface area (Å²) in [6, 6.07) is 0. The number of carboxylic acids is 1. The van der Waals surface area contributed by atoms with Gasteiger partial charge in [-0.25, -0.2) is 0 Å². The molecule has 0 saturated carbocycles. The number of hydrogen-bond donors (Lipinski definition) is 0. The molecule has 3 heteroatoms. The minimum absolute atomic E-state index is 0. The predicted octanol–water partition coefficient (Wildman–Crippen LogP) is 4.22. The van der Waals surface area contributed by atoms with Gasteiger partial charge in [0.25, 0.3) is 0 Å². The molecule has 0 aromatic rings. The first kappa shape index (κ1) is 22.4. The molecule has 0 aliphatic carbocycles. The Kier molecular flexibility index (Phi) is 22.4. The van der Waals surface area contributed by atoms with Gasteiger partial charge in [-0.15, -0.1) is 0 Å². The quantitative estimate of drug-likeness (QED) is 0.351. The van der Waals surface area contributed by atoms with Crippen LogP contribution in [0.5, 0.6) is 0 Å². The van der Waals surface area contributed by atoms with E-state index in [9.17, 15) is 9.90 Å². The molecule has 0 aliphatic heterocycles. The van der Waals surface area contributed by atoms with Crippen LogP contribution in [0.15, 0.2) is 0 Å². The van der Waals surface area contributed by atoms with Crippen molar-refractivity contribution in [3.05, 3.63) is 0 Å². The summed E-state index contributed by atoms with van der Waals surface area (Å²) in [7, 11) is 0. The SMILES string of the molecule is CCCCCCCCCCCCCCCC(=O)[O-].[Fr+]. The van der Waals surface area contributed by atoms with Crippen molar-refractivity contribution in [2.24, 2.45) is 0 Å². The second-order valence-electron chi connectivity index (χ2n) is 5.36. The zero-order valence-electron chi connectivity index (χ0n) is 13.2. The minimum Gasteiger partial charge on any atom is -0.550 e. The van der Waals surface area contributed by atoms with Gasteiger partial charge in [0, 0.05) is 5.97 Å². The van der Waals surface area contributed by atoms with E-state index < -0.39 is 5.97 Å². The summed E-state index contributed by atoms with van der Waals surface area (Å²) < 4.78 is 0. The van der Waals surface area contributed by atoms with Gasteiger partial charge in [-0.05, 0) is 12.8 Å². The van der Waals surface area contributed by atoms with Gasteiger partial charge >= 0.3 is 49.9 Å². The van der Waals surface area contributed by atoms with Gasteiger partial charge in [0.15, 0.2) is 0 Å². The molecule has 2 nitrogen and oxygen atoms in total. The predicted molar refractivity (Wildman–Crippen MR) is 75.3 cm³/mol. The van der Waals surface area contributed by atoms with Crippen LogP contribution < -0.4 is 5.11 Å². The number of hydrogen-bond acceptors (Lipinski definition) is 2. The molecule has 0 amide bonds. The standard InChI is InChI=1S/C16H32O2.Fr/c1-2-3-4-5-6-7-8-9-10-11-12-13-14-15-16(17)18;/h2-15H2,1H3,(H,17,18);/q;+1/p-1. The second-order valence-corrected chi connectivity index (χ2v) is 5.36. The molecular formula is C16H31FrO2. The smallest absolute Gasteiger partial charge is 0.550 e. The minimum atomic E-state index is -0.905. The summed E-state index contributed by atoms with van der Waals surface area (Å²) in [5, 5.41) is 10.2. The van der Waals surface area contributed by atoms with Crippen molar-refractivity contribution in [1.29, 1.82) is 0 Å². The van der Waals surface area contributed by atoms with Crippen LogP contribution >= 0.6 is 0 Å². The summed E-state index contributed by atoms with van der Waals surface area (Å²) >= 11 is 0. The van der Waals surface area contributed by atoms with Crippen LogP contribution in [0.25, 0.3) is 0 Å². The van der Waals surface area contributed by atoms with Crippen molar-refractivity contribution in [3.8, 4) is 0 Å². The van der Waals surface area contributed by atoms with Gasteiger partial charge in [0.1, 0.15) is 0 Å². The first-order valence-corrected chi connectivity index (χ1v) is 7.97. The molecule has 0 fully saturated rings. The Morgan fingerprint density at radius 3 is 1.32 bits per heavy atom. The fraction of sp³-hybridized carbons (Fsp3) is 0.938. The van der Waals surface area contributed by atoms with Gasteiger partial charge in [0.2, 0.25) is 0 Å². The van der Waals surface area contributed by atoms with Crippen LogP contribution in [0.1, 0.15) is 96.8 Å². The zero-order valence-corrected chi connectivity index (χ0v) is 21.4. The Bertz CT molecular complexity index is 184. The van der Waals surface area contributed by atoms with Crippen LogP contribution in [0.2, 0.25) is 0 Å². The molecule has 0 heterocycles. The molecule has 0 aromatic carbocycles. The van der Waals surface area contributed by atoms with E-state index in [0.29, 0.717) is 0 Å². The van der Waals surface area contributed by atoms with Gasteiger partial charge in [-0.2, -0.15) is 0 Å². The normalized spacial score (nSPS) is 10.2. The van der Waals surface area contributed by atoms with Crippen molar-refractivity contribution in [2.75, 3.05) is 0 Å². The van der Waals surface area contributed by atoms with Crippen LogP contribution in [-0.2, 0) is 4.79 Å². The van der Waals surface area contributed by atoms with Crippen molar-refractivity contribution in [3.63, 3.8) is 0 Å². The summed E-state index contributed by atoms with van der Waals surface area (Å²) in [5.74, 6) is -0.905. The topological polar surface area (TPSA) is 40.1 Å². The van der Waals surface area contributed by atoms with Gasteiger partial charge in [-0.3, -0.25) is 0 Å². The number of rotatable bonds is 14. The maximum absolute atomic E-state index is 10.2. The van der Waals surface area contributed by atoms with Crippen LogP contribution in [0.4, 0.5) is 0 Å². The maximum atomic E-state index is 10.2. The van der Waals surface area contributed by atoms with Crippen molar-refractivity contribution in [1.82, 2.24) is 0 Å². The largest absolute Gasteiger partial charge is 1.00 e. The van der Waals surface area contributed by atoms with E-state index in [2.05, 4.69) is 6.92 Å². The monoisotopic (exact) mass is 478 g/mol. The first-order valence-electron chi connectivity index (χ1n) is 7.97. The molecule has 0 unspecified atom stereocenters. The molecule has 0 aliphatic rings. The van der Waals surface area contributed by atoms with Crippen molar-refractivity contribution < 1.29 is 59.8 Å². The molecule has 0 spiro atoms. The Hall–Kier alpha value is 1.07. The second kappa shape index (κ2) is 19.1. The Morgan fingerprint density at radius 2 is 1.00 bits per heavy atom. The van der Waals surface area contributed by atoms with E-state index in [1.165, 1.54) is 70.6 Å². The number of unbranched alkanes of at least 4 members (excludes halogenated alkanes) is 12. The Morgan fingerprint density at radius 1 is 0.684 bits per heavy atom. The fourth-order valence-corrected chi connectivity index (χ4v) is 2.29. The van der Waals surface area contributed by atoms with E-state index in [1.807, 2.05) is 0 Å². The number of carboxylic acid groups (broad SMARTS) is 1.